The minimum atomic E-state index is -0.294. The molecule has 0 bridgehead atoms. The molecule has 92 valence electrons. The Bertz CT molecular complexity index is 119. The molecule has 0 heterocycles. The zero-order valence-corrected chi connectivity index (χ0v) is 10.9. The molecular weight excluding hydrogens is 262 g/mol. The zero-order chi connectivity index (χ0) is 11.4. The predicted molar refractivity (Wildman–Crippen MR) is 63.3 cm³/mol. The van der Waals surface area contributed by atoms with Gasteiger partial charge >= 0.3 is 0 Å². The molecule has 0 saturated carbocycles. The van der Waals surface area contributed by atoms with E-state index in [0.717, 1.165) is 0 Å². The Hall–Kier alpha value is 0.750. The van der Waals surface area contributed by atoms with Crippen molar-refractivity contribution >= 4 is 34.8 Å². The highest BCUT2D eigenvalue weighted by Crippen LogP contribution is 2.02. The molecule has 0 spiro atoms. The summed E-state index contributed by atoms with van der Waals surface area (Å²) in [5.74, 6) is 1.39. The van der Waals surface area contributed by atoms with Crippen LogP contribution in [0.3, 0.4) is 0 Å². The standard InChI is InChI=1S/C9H17Cl3O3/c10-2-6-13-5-1-9(14-7-3-11)15-8-4-12/h9H,1-8H2. The molecule has 0 amide bonds. The van der Waals surface area contributed by atoms with Crippen LogP contribution in [0.4, 0.5) is 0 Å². The lowest BCUT2D eigenvalue weighted by molar-refractivity contribution is -0.145. The average molecular weight is 280 g/mol. The molecule has 0 aromatic rings. The lowest BCUT2D eigenvalue weighted by atomic mass is 10.4. The van der Waals surface area contributed by atoms with Gasteiger partial charge in [-0.15, -0.1) is 34.8 Å². The summed E-state index contributed by atoms with van der Waals surface area (Å²) in [6.45, 7) is 2.02. The molecule has 0 unspecified atom stereocenters. The van der Waals surface area contributed by atoms with Gasteiger partial charge in [-0.1, -0.05) is 0 Å². The SMILES string of the molecule is ClCCOCCC(OCCCl)OCCCl. The number of hydrogen-bond donors (Lipinski definition) is 0. The van der Waals surface area contributed by atoms with Crippen LogP contribution >= 0.6 is 34.8 Å². The molecule has 0 aromatic heterocycles. The maximum atomic E-state index is 5.51. The third-order valence-electron chi connectivity index (χ3n) is 1.48. The molecule has 0 rings (SSSR count). The maximum absolute atomic E-state index is 5.51. The first-order valence-electron chi connectivity index (χ1n) is 4.84. The van der Waals surface area contributed by atoms with E-state index >= 15 is 0 Å². The lowest BCUT2D eigenvalue weighted by Crippen LogP contribution is -2.22. The van der Waals surface area contributed by atoms with Gasteiger partial charge in [-0.3, -0.25) is 0 Å². The monoisotopic (exact) mass is 278 g/mol. The summed E-state index contributed by atoms with van der Waals surface area (Å²) in [6.07, 6.45) is 0.364. The summed E-state index contributed by atoms with van der Waals surface area (Å²) in [6, 6.07) is 0. The fraction of sp³-hybridized carbons (Fsp3) is 1.00. The summed E-state index contributed by atoms with van der Waals surface area (Å²) >= 11 is 16.5. The molecule has 0 aromatic carbocycles. The number of hydrogen-bond acceptors (Lipinski definition) is 3. The van der Waals surface area contributed by atoms with Crippen LogP contribution in [0, 0.1) is 0 Å². The minimum absolute atomic E-state index is 0.294. The van der Waals surface area contributed by atoms with Crippen molar-refractivity contribution < 1.29 is 14.2 Å². The van der Waals surface area contributed by atoms with Gasteiger partial charge in [-0.2, -0.15) is 0 Å². The highest BCUT2D eigenvalue weighted by atomic mass is 35.5. The molecule has 0 aliphatic carbocycles. The first kappa shape index (κ1) is 15.8. The highest BCUT2D eigenvalue weighted by molar-refractivity contribution is 6.18. The largest absolute Gasteiger partial charge is 0.380 e. The minimum Gasteiger partial charge on any atom is -0.380 e. The van der Waals surface area contributed by atoms with Crippen LogP contribution in [0.2, 0.25) is 0 Å². The van der Waals surface area contributed by atoms with Crippen LogP contribution < -0.4 is 0 Å². The molecule has 15 heavy (non-hydrogen) atoms. The molecule has 0 aliphatic heterocycles. The Morgan fingerprint density at radius 1 is 0.733 bits per heavy atom. The molecule has 0 atom stereocenters. The van der Waals surface area contributed by atoms with Crippen LogP contribution in [-0.2, 0) is 14.2 Å². The summed E-state index contributed by atoms with van der Waals surface area (Å²) in [5.41, 5.74) is 0. The second-order valence-electron chi connectivity index (χ2n) is 2.64. The Kier molecular flexibility index (Phi) is 13.5. The predicted octanol–water partition coefficient (Wildman–Crippen LogP) is 2.47. The van der Waals surface area contributed by atoms with Gasteiger partial charge in [0.1, 0.15) is 0 Å². The van der Waals surface area contributed by atoms with Crippen molar-refractivity contribution in [2.75, 3.05) is 44.1 Å². The van der Waals surface area contributed by atoms with Crippen molar-refractivity contribution in [3.8, 4) is 0 Å². The maximum Gasteiger partial charge on any atom is 0.159 e. The van der Waals surface area contributed by atoms with Crippen molar-refractivity contribution in [3.63, 3.8) is 0 Å². The van der Waals surface area contributed by atoms with E-state index in [9.17, 15) is 0 Å². The topological polar surface area (TPSA) is 27.7 Å². The average Bonchev–Trinajstić information content (AvgIpc) is 2.27. The Balaban J connectivity index is 3.49. The third kappa shape index (κ3) is 11.0. The molecule has 3 nitrogen and oxygen atoms in total. The van der Waals surface area contributed by atoms with E-state index in [0.29, 0.717) is 50.5 Å². The Morgan fingerprint density at radius 3 is 1.73 bits per heavy atom. The van der Waals surface area contributed by atoms with E-state index in [4.69, 9.17) is 49.0 Å². The molecule has 0 radical (unpaired) electrons. The molecule has 0 saturated heterocycles. The number of halogens is 3. The molecule has 0 aliphatic rings. The summed E-state index contributed by atoms with van der Waals surface area (Å²) in [7, 11) is 0. The second kappa shape index (κ2) is 12.8. The fourth-order valence-electron chi connectivity index (χ4n) is 0.903. The van der Waals surface area contributed by atoms with Gasteiger partial charge in [0, 0.05) is 24.1 Å². The third-order valence-corrected chi connectivity index (χ3v) is 1.94. The fourth-order valence-corrected chi connectivity index (χ4v) is 1.19. The first-order valence-corrected chi connectivity index (χ1v) is 6.44. The summed E-state index contributed by atoms with van der Waals surface area (Å²) in [4.78, 5) is 0. The number of rotatable bonds is 11. The Morgan fingerprint density at radius 2 is 1.27 bits per heavy atom. The molecule has 0 fully saturated rings. The van der Waals surface area contributed by atoms with E-state index in [2.05, 4.69) is 0 Å². The quantitative estimate of drug-likeness (QED) is 0.330. The Labute approximate surface area is 106 Å². The van der Waals surface area contributed by atoms with Crippen molar-refractivity contribution in [1.29, 1.82) is 0 Å². The number of alkyl halides is 3. The second-order valence-corrected chi connectivity index (χ2v) is 3.77. The van der Waals surface area contributed by atoms with Crippen LogP contribution in [0.25, 0.3) is 0 Å². The van der Waals surface area contributed by atoms with Gasteiger partial charge in [0.15, 0.2) is 6.29 Å². The van der Waals surface area contributed by atoms with Crippen molar-refractivity contribution in [2.45, 2.75) is 12.7 Å². The van der Waals surface area contributed by atoms with E-state index < -0.39 is 0 Å². The lowest BCUT2D eigenvalue weighted by Gasteiger charge is -2.17. The van der Waals surface area contributed by atoms with E-state index in [1.165, 1.54) is 0 Å². The van der Waals surface area contributed by atoms with Gasteiger partial charge in [-0.25, -0.2) is 0 Å². The molecule has 0 N–H and O–H groups in total. The van der Waals surface area contributed by atoms with Crippen molar-refractivity contribution in [2.24, 2.45) is 0 Å². The first-order chi connectivity index (χ1) is 7.35. The van der Waals surface area contributed by atoms with E-state index in [-0.39, 0.29) is 6.29 Å². The normalized spacial score (nSPS) is 11.2. The van der Waals surface area contributed by atoms with Gasteiger partial charge in [0.2, 0.25) is 0 Å². The summed E-state index contributed by atoms with van der Waals surface area (Å²) in [5, 5.41) is 0. The van der Waals surface area contributed by atoms with Crippen molar-refractivity contribution in [1.82, 2.24) is 0 Å². The number of ether oxygens (including phenoxy) is 3. The van der Waals surface area contributed by atoms with Crippen molar-refractivity contribution in [3.05, 3.63) is 0 Å². The molecular formula is C9H17Cl3O3. The van der Waals surface area contributed by atoms with E-state index in [1.807, 2.05) is 0 Å². The van der Waals surface area contributed by atoms with Gasteiger partial charge < -0.3 is 14.2 Å². The van der Waals surface area contributed by atoms with Crippen LogP contribution in [0.15, 0.2) is 0 Å². The van der Waals surface area contributed by atoms with Gasteiger partial charge in [-0.05, 0) is 0 Å². The van der Waals surface area contributed by atoms with Gasteiger partial charge in [0.05, 0.1) is 26.4 Å². The van der Waals surface area contributed by atoms with Crippen LogP contribution in [-0.4, -0.2) is 50.4 Å². The highest BCUT2D eigenvalue weighted by Gasteiger charge is 2.08. The zero-order valence-electron chi connectivity index (χ0n) is 8.59. The van der Waals surface area contributed by atoms with Crippen LogP contribution in [0.5, 0.6) is 0 Å². The van der Waals surface area contributed by atoms with E-state index in [1.54, 1.807) is 0 Å². The van der Waals surface area contributed by atoms with Gasteiger partial charge in [0.25, 0.3) is 0 Å². The molecule has 6 heteroatoms. The van der Waals surface area contributed by atoms with Crippen LogP contribution in [0.1, 0.15) is 6.42 Å². The smallest absolute Gasteiger partial charge is 0.159 e. The summed E-state index contributed by atoms with van der Waals surface area (Å²) < 4.78 is 15.9.